The monoisotopic (exact) mass is 203 g/mol. The van der Waals surface area contributed by atoms with Crippen LogP contribution in [0.3, 0.4) is 0 Å². The number of ether oxygens (including phenoxy) is 1. The lowest BCUT2D eigenvalue weighted by Gasteiger charge is -2.16. The number of terminal acetylenes is 1. The molecule has 0 amide bonds. The van der Waals surface area contributed by atoms with Crippen molar-refractivity contribution in [2.45, 2.75) is 19.4 Å². The lowest BCUT2D eigenvalue weighted by molar-refractivity contribution is 0.402. The maximum absolute atomic E-state index is 5.29. The van der Waals surface area contributed by atoms with Crippen LogP contribution >= 0.6 is 0 Å². The summed E-state index contributed by atoms with van der Waals surface area (Å²) in [6.07, 6.45) is 5.94. The lowest BCUT2D eigenvalue weighted by Crippen LogP contribution is -2.20. The molecule has 1 aromatic carbocycles. The van der Waals surface area contributed by atoms with Crippen LogP contribution < -0.4 is 10.1 Å². The molecule has 0 heterocycles. The Bertz CT molecular complexity index is 341. The van der Waals surface area contributed by atoms with Gasteiger partial charge >= 0.3 is 0 Å². The fraction of sp³-hybridized carbons (Fsp3) is 0.385. The maximum atomic E-state index is 5.29. The number of nitrogens with one attached hydrogen (secondary N) is 1. The molecule has 15 heavy (non-hydrogen) atoms. The predicted molar refractivity (Wildman–Crippen MR) is 62.9 cm³/mol. The fourth-order valence-corrected chi connectivity index (χ4v) is 1.49. The quantitative estimate of drug-likeness (QED) is 0.586. The molecule has 0 saturated carbocycles. The Morgan fingerprint density at radius 2 is 2.20 bits per heavy atom. The van der Waals surface area contributed by atoms with Gasteiger partial charge in [-0.15, -0.1) is 12.3 Å². The highest BCUT2D eigenvalue weighted by Crippen LogP contribution is 2.23. The van der Waals surface area contributed by atoms with Crippen LogP contribution in [0.1, 0.15) is 24.9 Å². The molecule has 1 atom stereocenters. The number of hydrogen-bond donors (Lipinski definition) is 1. The number of para-hydroxylation sites is 1. The molecular weight excluding hydrogens is 186 g/mol. The lowest BCUT2D eigenvalue weighted by atomic mass is 10.1. The summed E-state index contributed by atoms with van der Waals surface area (Å²) >= 11 is 0. The van der Waals surface area contributed by atoms with Crippen LogP contribution in [-0.4, -0.2) is 13.7 Å². The van der Waals surface area contributed by atoms with Gasteiger partial charge in [-0.2, -0.15) is 0 Å². The molecule has 0 radical (unpaired) electrons. The van der Waals surface area contributed by atoms with Gasteiger partial charge in [0.25, 0.3) is 0 Å². The van der Waals surface area contributed by atoms with Gasteiger partial charge in [0.2, 0.25) is 0 Å². The van der Waals surface area contributed by atoms with Crippen molar-refractivity contribution >= 4 is 0 Å². The minimum atomic E-state index is 0.259. The van der Waals surface area contributed by atoms with Gasteiger partial charge in [-0.05, 0) is 13.0 Å². The predicted octanol–water partition coefficient (Wildman–Crippen LogP) is 2.37. The van der Waals surface area contributed by atoms with E-state index in [1.54, 1.807) is 7.11 Å². The molecule has 2 heteroatoms. The van der Waals surface area contributed by atoms with Gasteiger partial charge in [0.05, 0.1) is 7.11 Å². The maximum Gasteiger partial charge on any atom is 0.123 e. The molecule has 1 N–H and O–H groups in total. The second-order valence-electron chi connectivity index (χ2n) is 3.37. The fourth-order valence-electron chi connectivity index (χ4n) is 1.49. The van der Waals surface area contributed by atoms with Crippen LogP contribution in [0.25, 0.3) is 0 Å². The average molecular weight is 203 g/mol. The molecule has 2 nitrogen and oxygen atoms in total. The normalized spacial score (nSPS) is 11.8. The molecular formula is C13H17NO. The van der Waals surface area contributed by atoms with Crippen LogP contribution in [0.5, 0.6) is 5.75 Å². The zero-order chi connectivity index (χ0) is 11.1. The van der Waals surface area contributed by atoms with Crippen molar-refractivity contribution in [3.8, 4) is 18.1 Å². The van der Waals surface area contributed by atoms with Gasteiger partial charge in [0.15, 0.2) is 0 Å². The Labute approximate surface area is 91.6 Å². The summed E-state index contributed by atoms with van der Waals surface area (Å²) in [4.78, 5) is 0. The van der Waals surface area contributed by atoms with Crippen molar-refractivity contribution in [1.82, 2.24) is 5.32 Å². The summed E-state index contributed by atoms with van der Waals surface area (Å²) < 4.78 is 5.29. The third kappa shape index (κ3) is 3.30. The van der Waals surface area contributed by atoms with E-state index >= 15 is 0 Å². The Hall–Kier alpha value is -1.46. The highest BCUT2D eigenvalue weighted by Gasteiger charge is 2.08. The molecule has 0 aliphatic heterocycles. The summed E-state index contributed by atoms with van der Waals surface area (Å²) in [5.74, 6) is 3.52. The van der Waals surface area contributed by atoms with E-state index in [4.69, 9.17) is 11.2 Å². The van der Waals surface area contributed by atoms with E-state index in [1.807, 2.05) is 18.2 Å². The SMILES string of the molecule is C#CCCN[C@H](C)c1ccccc1OC. The van der Waals surface area contributed by atoms with Crippen LogP contribution in [0.4, 0.5) is 0 Å². The van der Waals surface area contributed by atoms with E-state index in [0.29, 0.717) is 0 Å². The van der Waals surface area contributed by atoms with Crippen molar-refractivity contribution in [3.05, 3.63) is 29.8 Å². The first-order valence-electron chi connectivity index (χ1n) is 5.09. The van der Waals surface area contributed by atoms with E-state index in [1.165, 1.54) is 0 Å². The van der Waals surface area contributed by atoms with Gasteiger partial charge in [-0.1, -0.05) is 18.2 Å². The summed E-state index contributed by atoms with van der Waals surface area (Å²) in [6, 6.07) is 8.27. The highest BCUT2D eigenvalue weighted by molar-refractivity contribution is 5.35. The summed E-state index contributed by atoms with van der Waals surface area (Å²) in [5.41, 5.74) is 1.16. The molecule has 0 unspecified atom stereocenters. The zero-order valence-corrected chi connectivity index (χ0v) is 9.29. The summed E-state index contributed by atoms with van der Waals surface area (Å²) in [5, 5.41) is 3.35. The second kappa shape index (κ2) is 6.10. The molecule has 0 aromatic heterocycles. The minimum Gasteiger partial charge on any atom is -0.496 e. The van der Waals surface area contributed by atoms with E-state index in [-0.39, 0.29) is 6.04 Å². The number of hydrogen-bond acceptors (Lipinski definition) is 2. The number of rotatable bonds is 5. The van der Waals surface area contributed by atoms with Crippen molar-refractivity contribution in [2.24, 2.45) is 0 Å². The first kappa shape index (κ1) is 11.6. The standard InChI is InChI=1S/C13H17NO/c1-4-5-10-14-11(2)12-8-6-7-9-13(12)15-3/h1,6-9,11,14H,5,10H2,2-3H3/t11-/m1/s1. The van der Waals surface area contributed by atoms with E-state index in [9.17, 15) is 0 Å². The Morgan fingerprint density at radius 3 is 2.87 bits per heavy atom. The van der Waals surface area contributed by atoms with Gasteiger partial charge in [-0.3, -0.25) is 0 Å². The number of benzene rings is 1. The molecule has 1 aromatic rings. The first-order chi connectivity index (χ1) is 7.29. The van der Waals surface area contributed by atoms with Crippen LogP contribution in [-0.2, 0) is 0 Å². The molecule has 0 bridgehead atoms. The zero-order valence-electron chi connectivity index (χ0n) is 9.29. The van der Waals surface area contributed by atoms with E-state index < -0.39 is 0 Å². The molecule has 1 rings (SSSR count). The molecule has 0 aliphatic rings. The minimum absolute atomic E-state index is 0.259. The van der Waals surface area contributed by atoms with Crippen molar-refractivity contribution < 1.29 is 4.74 Å². The second-order valence-corrected chi connectivity index (χ2v) is 3.37. The number of methoxy groups -OCH3 is 1. The average Bonchev–Trinajstić information content (AvgIpc) is 2.29. The largest absolute Gasteiger partial charge is 0.496 e. The Balaban J connectivity index is 2.64. The Morgan fingerprint density at radius 1 is 1.47 bits per heavy atom. The topological polar surface area (TPSA) is 21.3 Å². The van der Waals surface area contributed by atoms with Gasteiger partial charge in [-0.25, -0.2) is 0 Å². The van der Waals surface area contributed by atoms with E-state index in [2.05, 4.69) is 24.2 Å². The highest BCUT2D eigenvalue weighted by atomic mass is 16.5. The Kier molecular flexibility index (Phi) is 4.73. The molecule has 0 aliphatic carbocycles. The third-order valence-electron chi connectivity index (χ3n) is 2.33. The van der Waals surface area contributed by atoms with Gasteiger partial charge < -0.3 is 10.1 Å². The van der Waals surface area contributed by atoms with Crippen LogP contribution in [0, 0.1) is 12.3 Å². The smallest absolute Gasteiger partial charge is 0.123 e. The van der Waals surface area contributed by atoms with Gasteiger partial charge in [0, 0.05) is 24.6 Å². The molecule has 0 fully saturated rings. The molecule has 0 saturated heterocycles. The summed E-state index contributed by atoms with van der Waals surface area (Å²) in [7, 11) is 1.69. The summed E-state index contributed by atoms with van der Waals surface area (Å²) in [6.45, 7) is 2.93. The van der Waals surface area contributed by atoms with Gasteiger partial charge in [0.1, 0.15) is 5.75 Å². The van der Waals surface area contributed by atoms with Crippen LogP contribution in [0.15, 0.2) is 24.3 Å². The van der Waals surface area contributed by atoms with Crippen molar-refractivity contribution in [3.63, 3.8) is 0 Å². The van der Waals surface area contributed by atoms with Crippen LogP contribution in [0.2, 0.25) is 0 Å². The molecule has 80 valence electrons. The molecule has 0 spiro atoms. The van der Waals surface area contributed by atoms with E-state index in [0.717, 1.165) is 24.3 Å². The van der Waals surface area contributed by atoms with Crippen molar-refractivity contribution in [2.75, 3.05) is 13.7 Å². The third-order valence-corrected chi connectivity index (χ3v) is 2.33. The first-order valence-corrected chi connectivity index (χ1v) is 5.09. The van der Waals surface area contributed by atoms with Crippen molar-refractivity contribution in [1.29, 1.82) is 0 Å².